The van der Waals surface area contributed by atoms with Gasteiger partial charge in [-0.2, -0.15) is 0 Å². The fraction of sp³-hybridized carbons (Fsp3) is 0.289. The molecule has 4 aromatic carbocycles. The monoisotopic (exact) mass is 648 g/mol. The molecule has 0 radical (unpaired) electrons. The van der Waals surface area contributed by atoms with E-state index in [-0.39, 0.29) is 31.1 Å². The number of para-hydroxylation sites is 2. The highest BCUT2D eigenvalue weighted by molar-refractivity contribution is 5.77. The number of hydrogen-bond donors (Lipinski definition) is 4. The van der Waals surface area contributed by atoms with Gasteiger partial charge in [0.15, 0.2) is 6.29 Å². The number of imidazole rings is 1. The van der Waals surface area contributed by atoms with Gasteiger partial charge in [-0.3, -0.25) is 14.8 Å². The van der Waals surface area contributed by atoms with Crippen molar-refractivity contribution in [1.82, 2.24) is 20.3 Å². The normalized spacial score (nSPS) is 17.7. The summed E-state index contributed by atoms with van der Waals surface area (Å²) in [6.45, 7) is 0.994. The smallest absolute Gasteiger partial charge is 0.243 e. The number of amides is 2. The summed E-state index contributed by atoms with van der Waals surface area (Å²) >= 11 is 0. The molecule has 0 spiro atoms. The highest BCUT2D eigenvalue weighted by Gasteiger charge is 2.32. The maximum Gasteiger partial charge on any atom is 0.243 e. The van der Waals surface area contributed by atoms with Crippen LogP contribution in [0.4, 0.5) is 0 Å². The third-order valence-electron chi connectivity index (χ3n) is 8.71. The molecule has 10 nitrogen and oxygen atoms in total. The lowest BCUT2D eigenvalue weighted by Crippen LogP contribution is -2.32. The molecule has 5 aromatic rings. The Balaban J connectivity index is 1.16. The zero-order valence-corrected chi connectivity index (χ0v) is 26.6. The van der Waals surface area contributed by atoms with Crippen molar-refractivity contribution in [3.05, 3.63) is 126 Å². The average Bonchev–Trinajstić information content (AvgIpc) is 3.55. The topological polar surface area (TPSA) is 135 Å². The summed E-state index contributed by atoms with van der Waals surface area (Å²) in [5.74, 6) is -0.539. The number of nitrogens with zero attached hydrogens (tertiary/aromatic N) is 2. The van der Waals surface area contributed by atoms with E-state index >= 15 is 0 Å². The van der Waals surface area contributed by atoms with E-state index in [2.05, 4.69) is 20.9 Å². The summed E-state index contributed by atoms with van der Waals surface area (Å²) in [6.07, 6.45) is 3.16. The van der Waals surface area contributed by atoms with E-state index in [1.54, 1.807) is 5.48 Å². The Bertz CT molecular complexity index is 1820. The van der Waals surface area contributed by atoms with E-state index in [4.69, 9.17) is 14.7 Å². The van der Waals surface area contributed by atoms with Crippen LogP contribution in [0.3, 0.4) is 0 Å². The number of carbonyl (C=O) groups is 2. The summed E-state index contributed by atoms with van der Waals surface area (Å²) in [5, 5.41) is 21.1. The molecule has 248 valence electrons. The van der Waals surface area contributed by atoms with Crippen molar-refractivity contribution in [2.24, 2.45) is 0 Å². The average molecular weight is 649 g/mol. The second-order valence-electron chi connectivity index (χ2n) is 12.0. The number of hydroxylamine groups is 1. The molecule has 1 saturated heterocycles. The van der Waals surface area contributed by atoms with E-state index in [0.717, 1.165) is 44.4 Å². The van der Waals surface area contributed by atoms with Gasteiger partial charge in [-0.25, -0.2) is 10.5 Å². The molecule has 2 amide bonds. The molecule has 6 rings (SSSR count). The first kappa shape index (κ1) is 33.0. The van der Waals surface area contributed by atoms with Gasteiger partial charge in [0.05, 0.1) is 42.7 Å². The van der Waals surface area contributed by atoms with Crippen LogP contribution in [0.15, 0.2) is 103 Å². The van der Waals surface area contributed by atoms with Crippen LogP contribution in [0.25, 0.3) is 22.2 Å². The molecule has 0 bridgehead atoms. The number of fused-ring (bicyclic) bond motifs is 1. The summed E-state index contributed by atoms with van der Waals surface area (Å²) in [6, 6.07) is 32.1. The van der Waals surface area contributed by atoms with Gasteiger partial charge in [-0.05, 0) is 52.8 Å². The van der Waals surface area contributed by atoms with Crippen LogP contribution in [0.2, 0.25) is 0 Å². The Kier molecular flexibility index (Phi) is 10.9. The highest BCUT2D eigenvalue weighted by atomic mass is 16.7. The van der Waals surface area contributed by atoms with E-state index in [9.17, 15) is 14.7 Å². The van der Waals surface area contributed by atoms with E-state index in [1.165, 1.54) is 0 Å². The first-order chi connectivity index (χ1) is 23.5. The zero-order chi connectivity index (χ0) is 33.3. The van der Waals surface area contributed by atoms with E-state index in [1.807, 2.05) is 97.3 Å². The van der Waals surface area contributed by atoms with Crippen LogP contribution < -0.4 is 10.8 Å². The number of aliphatic hydroxyl groups excluding tert-OH is 1. The number of rotatable bonds is 13. The van der Waals surface area contributed by atoms with Crippen LogP contribution >= 0.6 is 0 Å². The maximum atomic E-state index is 12.4. The Labute approximate surface area is 279 Å². The molecular weight excluding hydrogens is 608 g/mol. The lowest BCUT2D eigenvalue weighted by Gasteiger charge is -2.36. The molecule has 0 unspecified atom stereocenters. The molecule has 1 aliphatic rings. The molecule has 1 aromatic heterocycles. The van der Waals surface area contributed by atoms with Crippen molar-refractivity contribution in [3.8, 4) is 11.1 Å². The van der Waals surface area contributed by atoms with Gasteiger partial charge < -0.3 is 24.5 Å². The minimum atomic E-state index is -0.590. The number of carbonyl (C=O) groups excluding carboxylic acids is 2. The van der Waals surface area contributed by atoms with Crippen molar-refractivity contribution < 1.29 is 29.4 Å². The SMILES string of the molecule is O=C(CCCCC(=O)NCc1ccccc1-c1ccc([C@H]2O[C@@H](Cn3cnc4ccccc43)C[C@@H](c3ccc(CO)cc3)O2)cc1)NO. The second kappa shape index (κ2) is 15.8. The second-order valence-corrected chi connectivity index (χ2v) is 12.0. The molecule has 0 aliphatic carbocycles. The summed E-state index contributed by atoms with van der Waals surface area (Å²) in [7, 11) is 0. The quantitative estimate of drug-likeness (QED) is 0.0686. The van der Waals surface area contributed by atoms with Crippen molar-refractivity contribution >= 4 is 22.8 Å². The largest absolute Gasteiger partial charge is 0.392 e. The van der Waals surface area contributed by atoms with E-state index in [0.29, 0.717) is 38.8 Å². The predicted molar refractivity (Wildman–Crippen MR) is 180 cm³/mol. The Hall–Kier alpha value is -4.87. The van der Waals surface area contributed by atoms with Crippen molar-refractivity contribution in [1.29, 1.82) is 0 Å². The van der Waals surface area contributed by atoms with Crippen LogP contribution in [0, 0.1) is 0 Å². The first-order valence-corrected chi connectivity index (χ1v) is 16.3. The third-order valence-corrected chi connectivity index (χ3v) is 8.71. The van der Waals surface area contributed by atoms with Gasteiger partial charge in [0.25, 0.3) is 0 Å². The molecule has 4 N–H and O–H groups in total. The van der Waals surface area contributed by atoms with Gasteiger partial charge >= 0.3 is 0 Å². The van der Waals surface area contributed by atoms with Crippen molar-refractivity contribution in [3.63, 3.8) is 0 Å². The summed E-state index contributed by atoms with van der Waals surface area (Å²) in [4.78, 5) is 28.2. The standard InChI is InChI=1S/C38H40N4O6/c43-24-26-13-15-28(16-14-26)35-21-31(23-42-25-40-33-9-3-4-10-34(33)42)47-38(48-35)29-19-17-27(18-20-29)32-8-2-1-7-30(32)22-39-36(44)11-5-6-12-37(45)41-46/h1-4,7-10,13-20,25,31,35,38,43,46H,5-6,11-12,21-24H2,(H,39,44)(H,41,45)/t31-,35+,38+/m1/s1. The number of nitrogens with one attached hydrogen (secondary N) is 2. The fourth-order valence-electron chi connectivity index (χ4n) is 6.09. The van der Waals surface area contributed by atoms with Gasteiger partial charge in [-0.1, -0.05) is 84.9 Å². The van der Waals surface area contributed by atoms with Gasteiger partial charge in [0, 0.05) is 31.4 Å². The number of ether oxygens (including phenoxy) is 2. The minimum Gasteiger partial charge on any atom is -0.392 e. The number of hydrogen-bond acceptors (Lipinski definition) is 7. The zero-order valence-electron chi connectivity index (χ0n) is 26.6. The van der Waals surface area contributed by atoms with Crippen molar-refractivity contribution in [2.45, 2.75) is 70.3 Å². The minimum absolute atomic E-state index is 0.0108. The molecule has 3 atom stereocenters. The molecular formula is C38H40N4O6. The first-order valence-electron chi connectivity index (χ1n) is 16.3. The number of aliphatic hydroxyl groups is 1. The van der Waals surface area contributed by atoms with Gasteiger partial charge in [0.2, 0.25) is 11.8 Å². The third kappa shape index (κ3) is 8.15. The summed E-state index contributed by atoms with van der Waals surface area (Å²) in [5.41, 5.74) is 9.40. The lowest BCUT2D eigenvalue weighted by atomic mass is 9.97. The van der Waals surface area contributed by atoms with Crippen LogP contribution in [-0.2, 0) is 38.8 Å². The summed E-state index contributed by atoms with van der Waals surface area (Å²) < 4.78 is 15.3. The number of aromatic nitrogens is 2. The molecule has 48 heavy (non-hydrogen) atoms. The Morgan fingerprint density at radius 3 is 2.31 bits per heavy atom. The maximum absolute atomic E-state index is 12.4. The number of unbranched alkanes of at least 4 members (excludes halogenated alkanes) is 1. The molecule has 2 heterocycles. The van der Waals surface area contributed by atoms with Crippen LogP contribution in [0.5, 0.6) is 0 Å². The lowest BCUT2D eigenvalue weighted by molar-refractivity contribution is -0.252. The molecule has 0 saturated carbocycles. The Morgan fingerprint density at radius 1 is 0.833 bits per heavy atom. The molecule has 1 aliphatic heterocycles. The van der Waals surface area contributed by atoms with Gasteiger partial charge in [-0.15, -0.1) is 0 Å². The predicted octanol–water partition coefficient (Wildman–Crippen LogP) is 6.12. The van der Waals surface area contributed by atoms with Gasteiger partial charge in [0.1, 0.15) is 0 Å². The Morgan fingerprint density at radius 2 is 1.54 bits per heavy atom. The molecule has 10 heteroatoms. The fourth-order valence-corrected chi connectivity index (χ4v) is 6.09. The number of benzene rings is 4. The molecule has 1 fully saturated rings. The van der Waals surface area contributed by atoms with Crippen LogP contribution in [0.1, 0.15) is 66.8 Å². The van der Waals surface area contributed by atoms with E-state index < -0.39 is 12.2 Å². The highest BCUT2D eigenvalue weighted by Crippen LogP contribution is 2.39. The van der Waals surface area contributed by atoms with Crippen molar-refractivity contribution in [2.75, 3.05) is 0 Å². The van der Waals surface area contributed by atoms with Crippen LogP contribution in [-0.4, -0.2) is 37.8 Å².